The van der Waals surface area contributed by atoms with Gasteiger partial charge in [0.2, 0.25) is 10.0 Å². The summed E-state index contributed by atoms with van der Waals surface area (Å²) in [5.41, 5.74) is 0.291. The van der Waals surface area contributed by atoms with Gasteiger partial charge in [-0.05, 0) is 12.0 Å². The van der Waals surface area contributed by atoms with Gasteiger partial charge in [0.1, 0.15) is 16.6 Å². The fourth-order valence-electron chi connectivity index (χ4n) is 3.61. The molecule has 3 rings (SSSR count). The quantitative estimate of drug-likeness (QED) is 0.757. The summed E-state index contributed by atoms with van der Waals surface area (Å²) in [6.45, 7) is 7.36. The van der Waals surface area contributed by atoms with E-state index in [1.807, 2.05) is 13.8 Å². The molecule has 2 saturated heterocycles. The molecule has 3 heterocycles. The van der Waals surface area contributed by atoms with E-state index in [0.29, 0.717) is 45.0 Å². The molecular formula is C18H27N5O3S2. The number of hydrogen-bond acceptors (Lipinski definition) is 6. The van der Waals surface area contributed by atoms with Gasteiger partial charge < -0.3 is 9.88 Å². The molecule has 0 saturated carbocycles. The lowest BCUT2D eigenvalue weighted by Gasteiger charge is -2.38. The molecule has 0 aliphatic carbocycles. The Hall–Kier alpha value is -1.54. The van der Waals surface area contributed by atoms with Crippen LogP contribution in [0.4, 0.5) is 0 Å². The summed E-state index contributed by atoms with van der Waals surface area (Å²) in [5.74, 6) is 1.62. The maximum Gasteiger partial charge on any atom is 0.270 e. The molecule has 28 heavy (non-hydrogen) atoms. The number of aromatic amines is 1. The van der Waals surface area contributed by atoms with Crippen LogP contribution in [0.5, 0.6) is 0 Å². The first-order chi connectivity index (χ1) is 13.3. The van der Waals surface area contributed by atoms with Crippen LogP contribution < -0.4 is 0 Å². The van der Waals surface area contributed by atoms with E-state index in [-0.39, 0.29) is 22.8 Å². The zero-order valence-corrected chi connectivity index (χ0v) is 17.9. The van der Waals surface area contributed by atoms with Gasteiger partial charge in [0.15, 0.2) is 0 Å². The number of nitriles is 1. The number of piperazine rings is 1. The van der Waals surface area contributed by atoms with Crippen molar-refractivity contribution in [1.82, 2.24) is 19.1 Å². The Kier molecular flexibility index (Phi) is 6.70. The minimum Gasteiger partial charge on any atom is -0.356 e. The summed E-state index contributed by atoms with van der Waals surface area (Å²) in [5, 5.41) is 9.35. The molecule has 154 valence electrons. The monoisotopic (exact) mass is 425 g/mol. The summed E-state index contributed by atoms with van der Waals surface area (Å²) < 4.78 is 27.0. The predicted molar refractivity (Wildman–Crippen MR) is 109 cm³/mol. The standard InChI is InChI=1S/C18H27N5O3S2/c1-14(2)17(12-19)21-3-5-22(6-4-21)18(24)16-11-15(13-20-16)28(25,26)23-7-9-27-10-8-23/h11,13-14,17,20H,3-10H2,1-2H3. The summed E-state index contributed by atoms with van der Waals surface area (Å²) >= 11 is 1.75. The SMILES string of the molecule is CC(C)C(C#N)N1CCN(C(=O)c2cc(S(=O)(=O)N3CCSCC3)c[nH]2)CC1. The van der Waals surface area contributed by atoms with E-state index in [2.05, 4.69) is 16.0 Å². The highest BCUT2D eigenvalue weighted by Crippen LogP contribution is 2.22. The first-order valence-electron chi connectivity index (χ1n) is 9.54. The van der Waals surface area contributed by atoms with Crippen LogP contribution >= 0.6 is 11.8 Å². The number of hydrogen-bond donors (Lipinski definition) is 1. The minimum atomic E-state index is -3.56. The number of thioether (sulfide) groups is 1. The Balaban J connectivity index is 1.64. The van der Waals surface area contributed by atoms with Gasteiger partial charge in [-0.2, -0.15) is 21.3 Å². The smallest absolute Gasteiger partial charge is 0.270 e. The topological polar surface area (TPSA) is 101 Å². The van der Waals surface area contributed by atoms with Crippen LogP contribution in [0.15, 0.2) is 17.2 Å². The second kappa shape index (κ2) is 8.86. The lowest BCUT2D eigenvalue weighted by atomic mass is 10.0. The Bertz CT molecular complexity index is 832. The number of rotatable bonds is 5. The summed E-state index contributed by atoms with van der Waals surface area (Å²) in [4.78, 5) is 19.6. The molecule has 1 atom stereocenters. The Morgan fingerprint density at radius 2 is 1.82 bits per heavy atom. The normalized spacial score (nSPS) is 20.9. The van der Waals surface area contributed by atoms with Gasteiger partial charge in [-0.1, -0.05) is 13.8 Å². The zero-order valence-electron chi connectivity index (χ0n) is 16.3. The van der Waals surface area contributed by atoms with Crippen LogP contribution in [-0.2, 0) is 10.0 Å². The van der Waals surface area contributed by atoms with Gasteiger partial charge in [0.25, 0.3) is 5.91 Å². The molecule has 1 N–H and O–H groups in total. The number of carbonyl (C=O) groups excluding carboxylic acids is 1. The van der Waals surface area contributed by atoms with Gasteiger partial charge in [0, 0.05) is 57.0 Å². The summed E-state index contributed by atoms with van der Waals surface area (Å²) in [7, 11) is -3.56. The van der Waals surface area contributed by atoms with Crippen molar-refractivity contribution in [2.24, 2.45) is 5.92 Å². The molecule has 2 aliphatic heterocycles. The summed E-state index contributed by atoms with van der Waals surface area (Å²) in [6, 6.07) is 3.63. The molecule has 2 fully saturated rings. The molecule has 2 aliphatic rings. The zero-order chi connectivity index (χ0) is 20.3. The molecule has 10 heteroatoms. The first-order valence-corrected chi connectivity index (χ1v) is 12.1. The van der Waals surface area contributed by atoms with Crippen molar-refractivity contribution < 1.29 is 13.2 Å². The number of carbonyl (C=O) groups is 1. The van der Waals surface area contributed by atoms with E-state index in [4.69, 9.17) is 0 Å². The Labute approximate surface area is 170 Å². The number of amides is 1. The number of nitrogens with one attached hydrogen (secondary N) is 1. The largest absolute Gasteiger partial charge is 0.356 e. The highest BCUT2D eigenvalue weighted by atomic mass is 32.2. The van der Waals surface area contributed by atoms with E-state index < -0.39 is 10.0 Å². The van der Waals surface area contributed by atoms with Crippen LogP contribution in [0.2, 0.25) is 0 Å². The lowest BCUT2D eigenvalue weighted by molar-refractivity contribution is 0.0572. The molecule has 1 aromatic rings. The van der Waals surface area contributed by atoms with Gasteiger partial charge in [-0.25, -0.2) is 8.42 Å². The number of nitrogens with zero attached hydrogens (tertiary/aromatic N) is 4. The highest BCUT2D eigenvalue weighted by molar-refractivity contribution is 7.99. The van der Waals surface area contributed by atoms with Crippen molar-refractivity contribution >= 4 is 27.7 Å². The van der Waals surface area contributed by atoms with Gasteiger partial charge in [-0.15, -0.1) is 0 Å². The van der Waals surface area contributed by atoms with Crippen LogP contribution in [0.1, 0.15) is 24.3 Å². The third-order valence-corrected chi connectivity index (χ3v) is 8.07. The second-order valence-corrected chi connectivity index (χ2v) is 10.6. The lowest BCUT2D eigenvalue weighted by Crippen LogP contribution is -2.52. The predicted octanol–water partition coefficient (Wildman–Crippen LogP) is 1.06. The third-order valence-electron chi connectivity index (χ3n) is 5.25. The van der Waals surface area contributed by atoms with Crippen molar-refractivity contribution in [2.45, 2.75) is 24.8 Å². The highest BCUT2D eigenvalue weighted by Gasteiger charge is 2.31. The molecular weight excluding hydrogens is 398 g/mol. The third kappa shape index (κ3) is 4.38. The molecule has 0 aromatic carbocycles. The van der Waals surface area contributed by atoms with Crippen molar-refractivity contribution in [2.75, 3.05) is 50.8 Å². The average Bonchev–Trinajstić information content (AvgIpc) is 3.20. The molecule has 1 aromatic heterocycles. The van der Waals surface area contributed by atoms with Gasteiger partial charge in [0.05, 0.1) is 6.07 Å². The van der Waals surface area contributed by atoms with Crippen molar-refractivity contribution in [3.05, 3.63) is 18.0 Å². The molecule has 0 radical (unpaired) electrons. The van der Waals surface area contributed by atoms with E-state index >= 15 is 0 Å². The minimum absolute atomic E-state index is 0.144. The molecule has 1 unspecified atom stereocenters. The Morgan fingerprint density at radius 3 is 2.39 bits per heavy atom. The molecule has 0 bridgehead atoms. The fourth-order valence-corrected chi connectivity index (χ4v) is 6.18. The van der Waals surface area contributed by atoms with Crippen LogP contribution in [-0.4, -0.2) is 90.2 Å². The molecule has 8 nitrogen and oxygen atoms in total. The van der Waals surface area contributed by atoms with Crippen molar-refractivity contribution in [3.8, 4) is 6.07 Å². The first kappa shape index (κ1) is 21.2. The number of aromatic nitrogens is 1. The number of H-pyrrole nitrogens is 1. The Morgan fingerprint density at radius 1 is 1.18 bits per heavy atom. The van der Waals surface area contributed by atoms with Crippen LogP contribution in [0, 0.1) is 17.2 Å². The van der Waals surface area contributed by atoms with Crippen molar-refractivity contribution in [1.29, 1.82) is 5.26 Å². The molecule has 1 amide bonds. The van der Waals surface area contributed by atoms with E-state index in [0.717, 1.165) is 11.5 Å². The second-order valence-electron chi connectivity index (χ2n) is 7.41. The van der Waals surface area contributed by atoms with E-state index in [1.54, 1.807) is 16.7 Å². The maximum absolute atomic E-state index is 12.8. The average molecular weight is 426 g/mol. The maximum atomic E-state index is 12.8. The fraction of sp³-hybridized carbons (Fsp3) is 0.667. The van der Waals surface area contributed by atoms with E-state index in [1.165, 1.54) is 16.6 Å². The van der Waals surface area contributed by atoms with Crippen molar-refractivity contribution in [3.63, 3.8) is 0 Å². The van der Waals surface area contributed by atoms with E-state index in [9.17, 15) is 18.5 Å². The number of sulfonamides is 1. The van der Waals surface area contributed by atoms with Crippen LogP contribution in [0.25, 0.3) is 0 Å². The van der Waals surface area contributed by atoms with Gasteiger partial charge in [-0.3, -0.25) is 9.69 Å². The summed E-state index contributed by atoms with van der Waals surface area (Å²) in [6.07, 6.45) is 1.41. The molecule has 0 spiro atoms. The van der Waals surface area contributed by atoms with Gasteiger partial charge >= 0.3 is 0 Å². The van der Waals surface area contributed by atoms with Crippen LogP contribution in [0.3, 0.4) is 0 Å².